The van der Waals surface area contributed by atoms with Crippen LogP contribution in [0.15, 0.2) is 54.6 Å². The number of anilines is 3. The van der Waals surface area contributed by atoms with Gasteiger partial charge in [0.05, 0.1) is 11.8 Å². The Balaban J connectivity index is 1.28. The first kappa shape index (κ1) is 19.2. The zero-order chi connectivity index (χ0) is 20.2. The molecule has 4 rings (SSSR count). The van der Waals surface area contributed by atoms with Crippen LogP contribution in [0.3, 0.4) is 0 Å². The molecule has 0 aromatic heterocycles. The maximum Gasteiger partial charge on any atom is 0.233 e. The Morgan fingerprint density at radius 2 is 1.38 bits per heavy atom. The molecule has 29 heavy (non-hydrogen) atoms. The Morgan fingerprint density at radius 3 is 2.00 bits per heavy atom. The Kier molecular flexibility index (Phi) is 5.60. The highest BCUT2D eigenvalue weighted by atomic mass is 16.2. The van der Waals surface area contributed by atoms with E-state index in [1.54, 1.807) is 0 Å². The molecule has 0 bridgehead atoms. The average Bonchev–Trinajstić information content (AvgIpc) is 2.99. The van der Waals surface area contributed by atoms with Gasteiger partial charge in [0, 0.05) is 30.0 Å². The van der Waals surface area contributed by atoms with Crippen LogP contribution in [-0.4, -0.2) is 29.2 Å². The molecule has 150 valence electrons. The molecular formula is C23H25N3O3. The number of nitrogens with zero attached hydrogens (tertiary/aromatic N) is 1. The third kappa shape index (κ3) is 4.31. The van der Waals surface area contributed by atoms with Gasteiger partial charge in [0.2, 0.25) is 17.7 Å². The fourth-order valence-electron chi connectivity index (χ4n) is 4.21. The van der Waals surface area contributed by atoms with Gasteiger partial charge in [-0.1, -0.05) is 31.0 Å². The van der Waals surface area contributed by atoms with Crippen molar-refractivity contribution in [3.63, 3.8) is 0 Å². The summed E-state index contributed by atoms with van der Waals surface area (Å²) in [5.74, 6) is -0.718. The van der Waals surface area contributed by atoms with Crippen LogP contribution in [0.2, 0.25) is 0 Å². The molecule has 1 saturated carbocycles. The summed E-state index contributed by atoms with van der Waals surface area (Å²) in [6.07, 6.45) is 3.71. The zero-order valence-electron chi connectivity index (χ0n) is 16.3. The predicted octanol–water partition coefficient (Wildman–Crippen LogP) is 3.93. The first-order valence-corrected chi connectivity index (χ1v) is 10.2. The Hall–Kier alpha value is -3.15. The average molecular weight is 391 g/mol. The van der Waals surface area contributed by atoms with Crippen molar-refractivity contribution in [2.45, 2.75) is 32.1 Å². The molecule has 2 fully saturated rings. The molecule has 1 aliphatic heterocycles. The third-order valence-corrected chi connectivity index (χ3v) is 5.73. The highest BCUT2D eigenvalue weighted by Gasteiger charge is 2.47. The number of para-hydroxylation sites is 1. The lowest BCUT2D eigenvalue weighted by Gasteiger charge is -2.19. The quantitative estimate of drug-likeness (QED) is 0.731. The van der Waals surface area contributed by atoms with Crippen molar-refractivity contribution in [2.24, 2.45) is 11.8 Å². The second kappa shape index (κ2) is 8.47. The number of carbonyl (C=O) groups excluding carboxylic acids is 3. The van der Waals surface area contributed by atoms with Crippen LogP contribution in [0.25, 0.3) is 0 Å². The number of benzene rings is 2. The van der Waals surface area contributed by atoms with E-state index < -0.39 is 0 Å². The fourth-order valence-corrected chi connectivity index (χ4v) is 4.21. The smallest absolute Gasteiger partial charge is 0.233 e. The Morgan fingerprint density at radius 1 is 0.828 bits per heavy atom. The third-order valence-electron chi connectivity index (χ3n) is 5.73. The standard InChI is InChI=1S/C23H25N3O3/c27-21(14-15-26-22(28)19-8-4-5-9-20(19)23(26)29)25-18-12-10-17(11-13-18)24-16-6-2-1-3-7-16/h1-3,6-7,10-13,19-20,24H,4-5,8-9,14-15H2,(H,25,27)/t19-,20-/m0/s1. The normalized spacial score (nSPS) is 21.0. The molecule has 1 aliphatic carbocycles. The van der Waals surface area contributed by atoms with E-state index in [1.807, 2.05) is 54.6 Å². The summed E-state index contributed by atoms with van der Waals surface area (Å²) in [6.45, 7) is 0.157. The number of nitrogens with one attached hydrogen (secondary N) is 2. The van der Waals surface area contributed by atoms with Crippen molar-refractivity contribution in [1.82, 2.24) is 4.90 Å². The number of hydrogen-bond acceptors (Lipinski definition) is 4. The van der Waals surface area contributed by atoms with Crippen LogP contribution in [0, 0.1) is 11.8 Å². The molecule has 0 radical (unpaired) electrons. The molecule has 2 aliphatic rings. The molecule has 2 N–H and O–H groups in total. The van der Waals surface area contributed by atoms with Gasteiger partial charge in [0.1, 0.15) is 0 Å². The number of imide groups is 1. The molecule has 0 unspecified atom stereocenters. The van der Waals surface area contributed by atoms with Crippen LogP contribution in [-0.2, 0) is 14.4 Å². The zero-order valence-corrected chi connectivity index (χ0v) is 16.3. The molecule has 2 aromatic carbocycles. The summed E-state index contributed by atoms with van der Waals surface area (Å²) in [4.78, 5) is 38.5. The van der Waals surface area contributed by atoms with Gasteiger partial charge < -0.3 is 10.6 Å². The van der Waals surface area contributed by atoms with E-state index in [-0.39, 0.29) is 42.5 Å². The van der Waals surface area contributed by atoms with Crippen molar-refractivity contribution < 1.29 is 14.4 Å². The van der Waals surface area contributed by atoms with E-state index in [9.17, 15) is 14.4 Å². The largest absolute Gasteiger partial charge is 0.356 e. The summed E-state index contributed by atoms with van der Waals surface area (Å²) in [6, 6.07) is 17.3. The number of likely N-dealkylation sites (tertiary alicyclic amines) is 1. The molecule has 6 heteroatoms. The summed E-state index contributed by atoms with van der Waals surface area (Å²) in [7, 11) is 0. The monoisotopic (exact) mass is 391 g/mol. The minimum Gasteiger partial charge on any atom is -0.356 e. The molecule has 2 aromatic rings. The molecule has 2 atom stereocenters. The summed E-state index contributed by atoms with van der Waals surface area (Å²) < 4.78 is 0. The predicted molar refractivity (Wildman–Crippen MR) is 112 cm³/mol. The Bertz CT molecular complexity index is 871. The minimum atomic E-state index is -0.204. The van der Waals surface area contributed by atoms with Gasteiger partial charge >= 0.3 is 0 Å². The van der Waals surface area contributed by atoms with Crippen LogP contribution in [0.5, 0.6) is 0 Å². The topological polar surface area (TPSA) is 78.5 Å². The van der Waals surface area contributed by atoms with Crippen LogP contribution in [0.4, 0.5) is 17.1 Å². The van der Waals surface area contributed by atoms with Gasteiger partial charge in [-0.25, -0.2) is 0 Å². The van der Waals surface area contributed by atoms with Gasteiger partial charge in [-0.15, -0.1) is 0 Å². The Labute approximate surface area is 170 Å². The van der Waals surface area contributed by atoms with Crippen LogP contribution >= 0.6 is 0 Å². The molecular weight excluding hydrogens is 366 g/mol. The summed E-state index contributed by atoms with van der Waals surface area (Å²) in [5.41, 5.74) is 2.59. The number of fused-ring (bicyclic) bond motifs is 1. The lowest BCUT2D eigenvalue weighted by Crippen LogP contribution is -2.34. The molecule has 0 spiro atoms. The van der Waals surface area contributed by atoms with E-state index in [0.717, 1.165) is 37.1 Å². The molecule has 1 heterocycles. The molecule has 1 saturated heterocycles. The van der Waals surface area contributed by atoms with Gasteiger partial charge in [0.15, 0.2) is 0 Å². The highest BCUT2D eigenvalue weighted by Crippen LogP contribution is 2.38. The summed E-state index contributed by atoms with van der Waals surface area (Å²) in [5, 5.41) is 6.12. The maximum atomic E-state index is 12.5. The maximum absolute atomic E-state index is 12.5. The van der Waals surface area contributed by atoms with E-state index in [1.165, 1.54) is 4.90 Å². The minimum absolute atomic E-state index is 0.0937. The summed E-state index contributed by atoms with van der Waals surface area (Å²) >= 11 is 0. The van der Waals surface area contributed by atoms with Gasteiger partial charge in [-0.3, -0.25) is 19.3 Å². The second-order valence-corrected chi connectivity index (χ2v) is 7.69. The van der Waals surface area contributed by atoms with Gasteiger partial charge in [0.25, 0.3) is 0 Å². The van der Waals surface area contributed by atoms with Crippen molar-refractivity contribution in [3.8, 4) is 0 Å². The van der Waals surface area contributed by atoms with E-state index in [0.29, 0.717) is 5.69 Å². The molecule has 6 nitrogen and oxygen atoms in total. The van der Waals surface area contributed by atoms with E-state index in [4.69, 9.17) is 0 Å². The number of amides is 3. The van der Waals surface area contributed by atoms with Crippen molar-refractivity contribution in [1.29, 1.82) is 0 Å². The highest BCUT2D eigenvalue weighted by molar-refractivity contribution is 6.05. The van der Waals surface area contributed by atoms with Gasteiger partial charge in [-0.05, 0) is 49.2 Å². The number of carbonyl (C=O) groups is 3. The molecule has 3 amide bonds. The first-order chi connectivity index (χ1) is 14.1. The van der Waals surface area contributed by atoms with Crippen LogP contribution in [0.1, 0.15) is 32.1 Å². The van der Waals surface area contributed by atoms with Crippen molar-refractivity contribution in [3.05, 3.63) is 54.6 Å². The fraction of sp³-hybridized carbons (Fsp3) is 0.348. The van der Waals surface area contributed by atoms with Crippen LogP contribution < -0.4 is 10.6 Å². The number of hydrogen-bond donors (Lipinski definition) is 2. The lowest BCUT2D eigenvalue weighted by molar-refractivity contribution is -0.140. The van der Waals surface area contributed by atoms with E-state index in [2.05, 4.69) is 10.6 Å². The SMILES string of the molecule is O=C(CCN1C(=O)[C@H]2CCCC[C@@H]2C1=O)Nc1ccc(Nc2ccccc2)cc1. The van der Waals surface area contributed by atoms with Gasteiger partial charge in [-0.2, -0.15) is 0 Å². The first-order valence-electron chi connectivity index (χ1n) is 10.2. The second-order valence-electron chi connectivity index (χ2n) is 7.69. The van der Waals surface area contributed by atoms with Crippen molar-refractivity contribution in [2.75, 3.05) is 17.2 Å². The van der Waals surface area contributed by atoms with E-state index >= 15 is 0 Å². The lowest BCUT2D eigenvalue weighted by atomic mass is 9.81. The van der Waals surface area contributed by atoms with Crippen molar-refractivity contribution >= 4 is 34.8 Å². The number of rotatable bonds is 6.